The summed E-state index contributed by atoms with van der Waals surface area (Å²) in [6.07, 6.45) is 2.93. The van der Waals surface area contributed by atoms with Gasteiger partial charge in [0.1, 0.15) is 29.3 Å². The number of thiazole rings is 1. The zero-order valence-electron chi connectivity index (χ0n) is 23.7. The molecule has 1 aliphatic heterocycles. The van der Waals surface area contributed by atoms with Crippen molar-refractivity contribution in [3.63, 3.8) is 0 Å². The van der Waals surface area contributed by atoms with Gasteiger partial charge in [-0.05, 0) is 44.6 Å². The van der Waals surface area contributed by atoms with Crippen molar-refractivity contribution in [1.82, 2.24) is 31.2 Å². The fraction of sp³-hybridized carbons (Fsp3) is 0.448. The minimum atomic E-state index is -0.941. The maximum absolute atomic E-state index is 13.7. The number of nitrogens with zero attached hydrogens (tertiary/aromatic N) is 2. The van der Waals surface area contributed by atoms with E-state index in [1.165, 1.54) is 17.6 Å². The maximum atomic E-state index is 13.7. The number of carbonyl (C=O) groups is 4. The zero-order chi connectivity index (χ0) is 29.5. The fourth-order valence-electron chi connectivity index (χ4n) is 4.63. The van der Waals surface area contributed by atoms with Crippen molar-refractivity contribution in [2.75, 3.05) is 6.54 Å². The van der Waals surface area contributed by atoms with Gasteiger partial charge in [0.2, 0.25) is 17.7 Å². The lowest BCUT2D eigenvalue weighted by Gasteiger charge is -2.26. The van der Waals surface area contributed by atoms with E-state index >= 15 is 0 Å². The van der Waals surface area contributed by atoms with Crippen LogP contribution in [0.2, 0.25) is 0 Å². The SMILES string of the molecule is Cc1nc(C)c(C(=O)N[C@H]2CCCCNC(=O)c3coc(n3)[C@H](C(C)C)NC(=O)[C@H](Cc3ccccc3)NC2=O)s1. The number of fused-ring (bicyclic) bond motifs is 2. The van der Waals surface area contributed by atoms with Crippen LogP contribution in [0.1, 0.15) is 81.5 Å². The third kappa shape index (κ3) is 7.78. The molecule has 3 atom stereocenters. The van der Waals surface area contributed by atoms with Crippen LogP contribution in [-0.2, 0) is 16.0 Å². The van der Waals surface area contributed by atoms with Crippen molar-refractivity contribution >= 4 is 35.0 Å². The molecular formula is C29H36N6O5S. The van der Waals surface area contributed by atoms with E-state index in [2.05, 4.69) is 31.2 Å². The average Bonchev–Trinajstić information content (AvgIpc) is 3.56. The van der Waals surface area contributed by atoms with Crippen LogP contribution >= 0.6 is 11.3 Å². The van der Waals surface area contributed by atoms with Crippen LogP contribution in [0.3, 0.4) is 0 Å². The Morgan fingerprint density at radius 1 is 1.07 bits per heavy atom. The first kappa shape index (κ1) is 29.9. The van der Waals surface area contributed by atoms with E-state index in [1.807, 2.05) is 51.1 Å². The van der Waals surface area contributed by atoms with E-state index in [0.717, 1.165) is 10.6 Å². The maximum Gasteiger partial charge on any atom is 0.273 e. The van der Waals surface area contributed by atoms with E-state index in [0.29, 0.717) is 36.4 Å². The molecule has 4 rings (SSSR count). The average molecular weight is 581 g/mol. The number of aryl methyl sites for hydroxylation is 2. The van der Waals surface area contributed by atoms with E-state index in [4.69, 9.17) is 4.42 Å². The molecular weight excluding hydrogens is 544 g/mol. The summed E-state index contributed by atoms with van der Waals surface area (Å²) in [6.45, 7) is 7.72. The lowest BCUT2D eigenvalue weighted by Crippen LogP contribution is -2.55. The van der Waals surface area contributed by atoms with Gasteiger partial charge < -0.3 is 25.7 Å². The van der Waals surface area contributed by atoms with Crippen LogP contribution in [0, 0.1) is 19.8 Å². The molecule has 2 aromatic heterocycles. The van der Waals surface area contributed by atoms with Crippen LogP contribution in [-0.4, -0.2) is 52.2 Å². The molecule has 0 saturated carbocycles. The Balaban J connectivity index is 1.63. The normalized spacial score (nSPS) is 20.7. The van der Waals surface area contributed by atoms with Gasteiger partial charge in [0, 0.05) is 13.0 Å². The second-order valence-corrected chi connectivity index (χ2v) is 11.7. The molecule has 2 bridgehead atoms. The van der Waals surface area contributed by atoms with Crippen LogP contribution in [0.15, 0.2) is 41.0 Å². The molecule has 12 heteroatoms. The number of nitrogens with one attached hydrogen (secondary N) is 4. The monoisotopic (exact) mass is 580 g/mol. The Hall–Kier alpha value is -4.06. The number of benzene rings is 1. The first-order valence-corrected chi connectivity index (χ1v) is 14.6. The molecule has 3 heterocycles. The number of rotatable bonds is 5. The summed E-state index contributed by atoms with van der Waals surface area (Å²) < 4.78 is 5.60. The Kier molecular flexibility index (Phi) is 9.87. The highest BCUT2D eigenvalue weighted by Gasteiger charge is 2.32. The molecule has 0 radical (unpaired) electrons. The molecule has 1 aromatic carbocycles. The minimum absolute atomic E-state index is 0.126. The number of hydrogen-bond donors (Lipinski definition) is 4. The van der Waals surface area contributed by atoms with E-state index in [-0.39, 0.29) is 29.8 Å². The lowest BCUT2D eigenvalue weighted by molar-refractivity contribution is -0.130. The summed E-state index contributed by atoms with van der Waals surface area (Å²) in [6, 6.07) is 6.89. The Bertz CT molecular complexity index is 1390. The molecule has 0 aliphatic carbocycles. The van der Waals surface area contributed by atoms with Crippen molar-refractivity contribution in [1.29, 1.82) is 0 Å². The highest BCUT2D eigenvalue weighted by molar-refractivity contribution is 7.13. The molecule has 11 nitrogen and oxygen atoms in total. The fourth-order valence-corrected chi connectivity index (χ4v) is 5.46. The molecule has 41 heavy (non-hydrogen) atoms. The zero-order valence-corrected chi connectivity index (χ0v) is 24.5. The Labute approximate surface area is 242 Å². The van der Waals surface area contributed by atoms with Gasteiger partial charge in [-0.25, -0.2) is 9.97 Å². The van der Waals surface area contributed by atoms with Gasteiger partial charge in [-0.3, -0.25) is 19.2 Å². The second kappa shape index (κ2) is 13.5. The third-order valence-corrected chi connectivity index (χ3v) is 7.91. The van der Waals surface area contributed by atoms with Crippen LogP contribution in [0.4, 0.5) is 0 Å². The summed E-state index contributed by atoms with van der Waals surface area (Å²) in [5, 5.41) is 12.3. The molecule has 3 aromatic rings. The number of carbonyl (C=O) groups excluding carboxylic acids is 4. The molecule has 1 aliphatic rings. The number of aromatic nitrogens is 2. The Morgan fingerprint density at radius 2 is 1.83 bits per heavy atom. The van der Waals surface area contributed by atoms with Crippen LogP contribution in [0.25, 0.3) is 0 Å². The van der Waals surface area contributed by atoms with Crippen LogP contribution < -0.4 is 21.3 Å². The van der Waals surface area contributed by atoms with E-state index in [9.17, 15) is 19.2 Å². The summed E-state index contributed by atoms with van der Waals surface area (Å²) in [4.78, 5) is 62.2. The summed E-state index contributed by atoms with van der Waals surface area (Å²) >= 11 is 1.26. The summed E-state index contributed by atoms with van der Waals surface area (Å²) in [7, 11) is 0. The van der Waals surface area contributed by atoms with Gasteiger partial charge in [-0.2, -0.15) is 0 Å². The smallest absolute Gasteiger partial charge is 0.273 e. The van der Waals surface area contributed by atoms with Gasteiger partial charge >= 0.3 is 0 Å². The molecule has 4 N–H and O–H groups in total. The van der Waals surface area contributed by atoms with Crippen molar-refractivity contribution in [3.05, 3.63) is 69.3 Å². The van der Waals surface area contributed by atoms with E-state index < -0.39 is 35.8 Å². The topological polar surface area (TPSA) is 155 Å². The first-order valence-electron chi connectivity index (χ1n) is 13.8. The largest absolute Gasteiger partial charge is 0.446 e. The molecule has 218 valence electrons. The highest BCUT2D eigenvalue weighted by atomic mass is 32.1. The van der Waals surface area contributed by atoms with Crippen LogP contribution in [0.5, 0.6) is 0 Å². The third-order valence-electron chi connectivity index (χ3n) is 6.84. The lowest BCUT2D eigenvalue weighted by atomic mass is 10.0. The van der Waals surface area contributed by atoms with Gasteiger partial charge in [-0.1, -0.05) is 44.2 Å². The standard InChI is InChI=1S/C29H36N6O5S/c1-16(2)23-29-34-22(15-40-29)25(36)30-13-9-8-12-20(32-28(39)24-17(3)31-18(4)41-24)26(37)33-21(27(38)35-23)14-19-10-6-5-7-11-19/h5-7,10-11,15-16,20-21,23H,8-9,12-14H2,1-4H3,(H,30,36)(H,32,39)(H,33,37)(H,35,38)/t20-,21-,23-/m0/s1. The number of hydrogen-bond acceptors (Lipinski definition) is 8. The molecule has 0 spiro atoms. The van der Waals surface area contributed by atoms with Gasteiger partial charge in [0.05, 0.1) is 10.7 Å². The molecule has 0 saturated heterocycles. The van der Waals surface area contributed by atoms with Gasteiger partial charge in [-0.15, -0.1) is 11.3 Å². The van der Waals surface area contributed by atoms with Gasteiger partial charge in [0.15, 0.2) is 5.69 Å². The predicted octanol–water partition coefficient (Wildman–Crippen LogP) is 3.00. The highest BCUT2D eigenvalue weighted by Crippen LogP contribution is 2.22. The first-order chi connectivity index (χ1) is 19.6. The Morgan fingerprint density at radius 3 is 2.51 bits per heavy atom. The quantitative estimate of drug-likeness (QED) is 0.362. The second-order valence-electron chi connectivity index (χ2n) is 10.5. The minimum Gasteiger partial charge on any atom is -0.446 e. The predicted molar refractivity (Wildman–Crippen MR) is 153 cm³/mol. The van der Waals surface area contributed by atoms with Crippen molar-refractivity contribution in [2.24, 2.45) is 5.92 Å². The van der Waals surface area contributed by atoms with Crippen molar-refractivity contribution in [2.45, 2.75) is 71.5 Å². The number of amides is 4. The summed E-state index contributed by atoms with van der Waals surface area (Å²) in [5.74, 6) is -1.60. The molecule has 0 unspecified atom stereocenters. The van der Waals surface area contributed by atoms with Crippen molar-refractivity contribution < 1.29 is 23.6 Å². The summed E-state index contributed by atoms with van der Waals surface area (Å²) in [5.41, 5.74) is 1.58. The molecule has 0 fully saturated rings. The molecule has 4 amide bonds. The van der Waals surface area contributed by atoms with Crippen molar-refractivity contribution in [3.8, 4) is 0 Å². The van der Waals surface area contributed by atoms with E-state index in [1.54, 1.807) is 6.92 Å². The van der Waals surface area contributed by atoms with Gasteiger partial charge in [0.25, 0.3) is 11.8 Å². The number of oxazole rings is 1.